The van der Waals surface area contributed by atoms with Crippen LogP contribution in [0, 0.1) is 5.92 Å². The number of carbonyl (C=O) groups excluding carboxylic acids is 3. The Hall–Kier alpha value is -3.11. The predicted molar refractivity (Wildman–Crippen MR) is 136 cm³/mol. The van der Waals surface area contributed by atoms with E-state index in [-0.39, 0.29) is 18.1 Å². The fraction of sp³-hybridized carbons (Fsp3) is 0.333. The van der Waals surface area contributed by atoms with Crippen molar-refractivity contribution in [2.75, 3.05) is 20.3 Å². The highest BCUT2D eigenvalue weighted by atomic mass is 79.9. The summed E-state index contributed by atoms with van der Waals surface area (Å²) in [5.74, 6) is -0.970. The second-order valence-electron chi connectivity index (χ2n) is 7.54. The van der Waals surface area contributed by atoms with Crippen LogP contribution in [0.5, 0.6) is 11.5 Å². The topological polar surface area (TPSA) is 115 Å². The van der Waals surface area contributed by atoms with Crippen LogP contribution in [-0.4, -0.2) is 50.4 Å². The lowest BCUT2D eigenvalue weighted by molar-refractivity contribution is -0.143. The normalized spacial score (nSPS) is 11.7. The lowest BCUT2D eigenvalue weighted by Crippen LogP contribution is -2.48. The molecule has 0 aliphatic heterocycles. The molecule has 2 aromatic carbocycles. The van der Waals surface area contributed by atoms with Crippen molar-refractivity contribution >= 4 is 51.5 Å². The van der Waals surface area contributed by atoms with Crippen LogP contribution in [0.2, 0.25) is 5.02 Å². The number of halogens is 2. The zero-order valence-corrected chi connectivity index (χ0v) is 22.1. The highest BCUT2D eigenvalue weighted by Gasteiger charge is 2.25. The first-order valence-electron chi connectivity index (χ1n) is 10.7. The molecular weight excluding hydrogens is 542 g/mol. The largest absolute Gasteiger partial charge is 0.490 e. The van der Waals surface area contributed by atoms with E-state index in [9.17, 15) is 14.4 Å². The monoisotopic (exact) mass is 567 g/mol. The number of methoxy groups -OCH3 is 1. The van der Waals surface area contributed by atoms with Gasteiger partial charge in [0.25, 0.3) is 11.8 Å². The molecule has 0 spiro atoms. The number of nitrogens with one attached hydrogen (secondary N) is 2. The zero-order valence-electron chi connectivity index (χ0n) is 19.8. The summed E-state index contributed by atoms with van der Waals surface area (Å²) in [6.45, 7) is 5.50. The molecule has 2 aromatic rings. The number of hydrazone groups is 1. The average molecular weight is 569 g/mol. The third-order valence-corrected chi connectivity index (χ3v) is 5.55. The van der Waals surface area contributed by atoms with Gasteiger partial charge in [-0.3, -0.25) is 9.59 Å². The zero-order chi connectivity index (χ0) is 26.0. The molecule has 0 aromatic heterocycles. The van der Waals surface area contributed by atoms with Gasteiger partial charge in [0.2, 0.25) is 0 Å². The van der Waals surface area contributed by atoms with Crippen LogP contribution in [0.3, 0.4) is 0 Å². The Bertz CT molecular complexity index is 1090. The second-order valence-corrected chi connectivity index (χ2v) is 8.80. The maximum atomic E-state index is 12.7. The van der Waals surface area contributed by atoms with Crippen molar-refractivity contribution in [2.45, 2.75) is 26.8 Å². The van der Waals surface area contributed by atoms with E-state index in [1.807, 2.05) is 6.92 Å². The molecule has 1 atom stereocenters. The second kappa shape index (κ2) is 13.7. The summed E-state index contributed by atoms with van der Waals surface area (Å²) in [6, 6.07) is 9.09. The molecule has 0 aliphatic carbocycles. The van der Waals surface area contributed by atoms with Crippen LogP contribution in [0.15, 0.2) is 46.0 Å². The molecule has 1 unspecified atom stereocenters. The van der Waals surface area contributed by atoms with Gasteiger partial charge in [-0.2, -0.15) is 5.10 Å². The number of ether oxygens (including phenoxy) is 3. The summed E-state index contributed by atoms with van der Waals surface area (Å²) >= 11 is 9.48. The van der Waals surface area contributed by atoms with Gasteiger partial charge in [0.1, 0.15) is 6.04 Å². The number of benzene rings is 2. The molecule has 188 valence electrons. The van der Waals surface area contributed by atoms with E-state index in [1.54, 1.807) is 50.2 Å². The smallest absolute Gasteiger partial charge is 0.343 e. The quantitative estimate of drug-likeness (QED) is 0.241. The van der Waals surface area contributed by atoms with Crippen LogP contribution >= 0.6 is 27.5 Å². The van der Waals surface area contributed by atoms with Crippen molar-refractivity contribution in [1.29, 1.82) is 0 Å². The molecule has 0 radical (unpaired) electrons. The average Bonchev–Trinajstić information content (AvgIpc) is 2.81. The number of carbonyl (C=O) groups is 3. The van der Waals surface area contributed by atoms with Gasteiger partial charge in [0, 0.05) is 0 Å². The first-order valence-corrected chi connectivity index (χ1v) is 11.9. The van der Waals surface area contributed by atoms with Gasteiger partial charge in [-0.15, -0.1) is 0 Å². The number of hydrogen-bond donors (Lipinski definition) is 2. The minimum absolute atomic E-state index is 0.207. The maximum Gasteiger partial charge on any atom is 0.343 e. The minimum atomic E-state index is -0.837. The molecule has 0 aliphatic rings. The van der Waals surface area contributed by atoms with E-state index in [0.29, 0.717) is 33.2 Å². The Morgan fingerprint density at radius 1 is 1.17 bits per heavy atom. The Labute approximate surface area is 217 Å². The van der Waals surface area contributed by atoms with E-state index in [1.165, 1.54) is 13.3 Å². The highest BCUT2D eigenvalue weighted by Crippen LogP contribution is 2.36. The molecule has 0 saturated carbocycles. The summed E-state index contributed by atoms with van der Waals surface area (Å²) in [6.07, 6.45) is 1.42. The van der Waals surface area contributed by atoms with Crippen molar-refractivity contribution in [3.05, 3.63) is 57.0 Å². The Morgan fingerprint density at radius 2 is 1.89 bits per heavy atom. The van der Waals surface area contributed by atoms with Crippen LogP contribution < -0.4 is 20.2 Å². The van der Waals surface area contributed by atoms with Crippen LogP contribution in [-0.2, 0) is 14.3 Å². The number of rotatable bonds is 11. The van der Waals surface area contributed by atoms with Gasteiger partial charge in [-0.1, -0.05) is 37.6 Å². The van der Waals surface area contributed by atoms with Crippen LogP contribution in [0.25, 0.3) is 0 Å². The molecule has 2 N–H and O–H groups in total. The molecule has 0 fully saturated rings. The van der Waals surface area contributed by atoms with Crippen molar-refractivity contribution in [3.63, 3.8) is 0 Å². The molecule has 11 heteroatoms. The molecular formula is C24H27BrClN3O6. The SMILES string of the molecule is CCOc1cc(C=NNC(=O)C(NC(=O)c2ccccc2Cl)C(C)C)cc(Br)c1OCC(=O)OC. The summed E-state index contributed by atoms with van der Waals surface area (Å²) in [5, 5.41) is 7.00. The Kier molecular flexibility index (Phi) is 11.0. The van der Waals surface area contributed by atoms with Gasteiger partial charge >= 0.3 is 5.97 Å². The van der Waals surface area contributed by atoms with Gasteiger partial charge in [-0.05, 0) is 58.6 Å². The lowest BCUT2D eigenvalue weighted by atomic mass is 10.0. The van der Waals surface area contributed by atoms with Gasteiger partial charge in [0.05, 0.1) is 35.0 Å². The molecule has 0 saturated heterocycles. The van der Waals surface area contributed by atoms with E-state index in [4.69, 9.17) is 21.1 Å². The van der Waals surface area contributed by atoms with E-state index >= 15 is 0 Å². The third-order valence-electron chi connectivity index (χ3n) is 4.64. The first-order chi connectivity index (χ1) is 16.7. The summed E-state index contributed by atoms with van der Waals surface area (Å²) in [5.41, 5.74) is 3.32. The summed E-state index contributed by atoms with van der Waals surface area (Å²) in [7, 11) is 1.27. The Morgan fingerprint density at radius 3 is 2.51 bits per heavy atom. The van der Waals surface area contributed by atoms with Crippen LogP contribution in [0.1, 0.15) is 36.7 Å². The Balaban J connectivity index is 2.12. The highest BCUT2D eigenvalue weighted by molar-refractivity contribution is 9.10. The van der Waals surface area contributed by atoms with Crippen molar-refractivity contribution in [2.24, 2.45) is 11.0 Å². The number of amides is 2. The van der Waals surface area contributed by atoms with Crippen molar-refractivity contribution in [3.8, 4) is 11.5 Å². The van der Waals surface area contributed by atoms with Gasteiger partial charge in [-0.25, -0.2) is 10.2 Å². The standard InChI is InChI=1S/C24H27BrClN3O6/c1-5-34-19-11-15(10-17(25)22(19)35-13-20(30)33-4)12-27-29-24(32)21(14(2)3)28-23(31)16-8-6-7-9-18(16)26/h6-12,14,21H,5,13H2,1-4H3,(H,28,31)(H,29,32). The van der Waals surface area contributed by atoms with Gasteiger partial charge < -0.3 is 19.5 Å². The predicted octanol–water partition coefficient (Wildman–Crippen LogP) is 3.96. The third kappa shape index (κ3) is 8.25. The lowest BCUT2D eigenvalue weighted by Gasteiger charge is -2.20. The minimum Gasteiger partial charge on any atom is -0.490 e. The van der Waals surface area contributed by atoms with Crippen molar-refractivity contribution in [1.82, 2.24) is 10.7 Å². The van der Waals surface area contributed by atoms with E-state index < -0.39 is 23.8 Å². The van der Waals surface area contributed by atoms with E-state index in [2.05, 4.69) is 36.5 Å². The first kappa shape index (κ1) is 28.1. The molecule has 0 bridgehead atoms. The number of nitrogens with zero attached hydrogens (tertiary/aromatic N) is 1. The number of esters is 1. The molecule has 35 heavy (non-hydrogen) atoms. The molecule has 9 nitrogen and oxygen atoms in total. The van der Waals surface area contributed by atoms with Gasteiger partial charge in [0.15, 0.2) is 18.1 Å². The maximum absolute atomic E-state index is 12.7. The summed E-state index contributed by atoms with van der Waals surface area (Å²) in [4.78, 5) is 36.7. The molecule has 2 rings (SSSR count). The van der Waals surface area contributed by atoms with Crippen LogP contribution in [0.4, 0.5) is 0 Å². The number of hydrogen-bond acceptors (Lipinski definition) is 7. The van der Waals surface area contributed by atoms with E-state index in [0.717, 1.165) is 0 Å². The fourth-order valence-corrected chi connectivity index (χ4v) is 3.69. The summed E-state index contributed by atoms with van der Waals surface area (Å²) < 4.78 is 16.2. The van der Waals surface area contributed by atoms with Crippen molar-refractivity contribution < 1.29 is 28.6 Å². The molecule has 2 amide bonds. The molecule has 0 heterocycles. The fourth-order valence-electron chi connectivity index (χ4n) is 2.89.